The molecule has 0 aliphatic heterocycles. The van der Waals surface area contributed by atoms with E-state index in [1.165, 1.54) is 18.2 Å². The fourth-order valence-electron chi connectivity index (χ4n) is 2.10. The third kappa shape index (κ3) is 4.17. The minimum Gasteiger partial charge on any atom is -0.329 e. The molecule has 3 aromatic rings. The molecule has 0 unspecified atom stereocenters. The number of amides is 1. The Morgan fingerprint density at radius 2 is 1.75 bits per heavy atom. The number of sulfonamides is 1. The summed E-state index contributed by atoms with van der Waals surface area (Å²) in [6, 6.07) is 8.82. The van der Waals surface area contributed by atoms with Crippen LogP contribution in [0.15, 0.2) is 57.9 Å². The molecule has 12 heteroatoms. The van der Waals surface area contributed by atoms with Gasteiger partial charge in [-0.05, 0) is 30.3 Å². The lowest BCUT2D eigenvalue weighted by Gasteiger charge is -2.07. The lowest BCUT2D eigenvalue weighted by Crippen LogP contribution is -2.30. The molecule has 0 saturated carbocycles. The van der Waals surface area contributed by atoms with Crippen LogP contribution in [0.1, 0.15) is 16.2 Å². The maximum absolute atomic E-state index is 13.2. The first-order chi connectivity index (χ1) is 13.1. The molecule has 2 aromatic carbocycles. The summed E-state index contributed by atoms with van der Waals surface area (Å²) in [6.45, 7) is 0. The number of alkyl halides is 3. The van der Waals surface area contributed by atoms with Crippen LogP contribution in [-0.2, 0) is 16.2 Å². The van der Waals surface area contributed by atoms with Gasteiger partial charge in [-0.15, -0.1) is 0 Å². The van der Waals surface area contributed by atoms with Crippen molar-refractivity contribution in [3.05, 3.63) is 65.8 Å². The highest BCUT2D eigenvalue weighted by Crippen LogP contribution is 2.29. The van der Waals surface area contributed by atoms with E-state index >= 15 is 0 Å². The monoisotopic (exact) mass is 415 g/mol. The molecule has 1 amide bonds. The molecule has 1 N–H and O–H groups in total. The van der Waals surface area contributed by atoms with Crippen molar-refractivity contribution in [2.24, 2.45) is 0 Å². The van der Waals surface area contributed by atoms with Gasteiger partial charge in [-0.25, -0.2) is 17.5 Å². The van der Waals surface area contributed by atoms with Gasteiger partial charge in [0.05, 0.1) is 4.90 Å². The smallest absolute Gasteiger partial charge is 0.329 e. The van der Waals surface area contributed by atoms with Crippen LogP contribution in [0.3, 0.4) is 0 Å². The van der Waals surface area contributed by atoms with Crippen LogP contribution in [0.25, 0.3) is 11.4 Å². The number of carbonyl (C=O) groups excluding carboxylic acids is 1. The summed E-state index contributed by atoms with van der Waals surface area (Å²) >= 11 is 0. The second-order valence-corrected chi connectivity index (χ2v) is 7.07. The van der Waals surface area contributed by atoms with Gasteiger partial charge in [0.1, 0.15) is 5.82 Å². The number of hydrogen-bond acceptors (Lipinski definition) is 6. The number of benzene rings is 2. The van der Waals surface area contributed by atoms with E-state index in [0.717, 1.165) is 30.3 Å². The van der Waals surface area contributed by atoms with Crippen LogP contribution >= 0.6 is 0 Å². The minimum absolute atomic E-state index is 0.108. The molecular weight excluding hydrogens is 406 g/mol. The van der Waals surface area contributed by atoms with Crippen molar-refractivity contribution in [2.75, 3.05) is 0 Å². The lowest BCUT2D eigenvalue weighted by molar-refractivity contribution is -0.159. The average Bonchev–Trinajstić information content (AvgIpc) is 3.12. The van der Waals surface area contributed by atoms with E-state index < -0.39 is 38.7 Å². The molecular formula is C16H9F4N3O4S. The molecule has 0 spiro atoms. The maximum atomic E-state index is 13.2. The van der Waals surface area contributed by atoms with Gasteiger partial charge in [-0.1, -0.05) is 23.4 Å². The second-order valence-electron chi connectivity index (χ2n) is 5.39. The van der Waals surface area contributed by atoms with Crippen molar-refractivity contribution in [2.45, 2.75) is 11.1 Å². The quantitative estimate of drug-likeness (QED) is 0.658. The zero-order chi connectivity index (χ0) is 20.5. The van der Waals surface area contributed by atoms with Crippen molar-refractivity contribution in [1.82, 2.24) is 14.9 Å². The molecule has 0 atom stereocenters. The zero-order valence-electron chi connectivity index (χ0n) is 13.6. The Morgan fingerprint density at radius 1 is 1.07 bits per heavy atom. The topological polar surface area (TPSA) is 102 Å². The van der Waals surface area contributed by atoms with Crippen LogP contribution in [0.4, 0.5) is 17.6 Å². The molecule has 1 heterocycles. The third-order valence-corrected chi connectivity index (χ3v) is 4.74. The normalized spacial score (nSPS) is 12.0. The van der Waals surface area contributed by atoms with Crippen LogP contribution in [-0.4, -0.2) is 24.5 Å². The second kappa shape index (κ2) is 7.03. The van der Waals surface area contributed by atoms with E-state index in [0.29, 0.717) is 0 Å². The molecule has 0 radical (unpaired) electrons. The molecule has 146 valence electrons. The van der Waals surface area contributed by atoms with Crippen LogP contribution < -0.4 is 4.72 Å². The fourth-order valence-corrected chi connectivity index (χ4v) is 3.11. The van der Waals surface area contributed by atoms with E-state index in [1.807, 2.05) is 0 Å². The first kappa shape index (κ1) is 19.5. The van der Waals surface area contributed by atoms with Gasteiger partial charge < -0.3 is 4.52 Å². The summed E-state index contributed by atoms with van der Waals surface area (Å²) in [5.74, 6) is -3.69. The number of aromatic nitrogens is 2. The first-order valence-electron chi connectivity index (χ1n) is 7.40. The minimum atomic E-state index is -4.80. The molecule has 7 nitrogen and oxygen atoms in total. The molecule has 1 aromatic heterocycles. The summed E-state index contributed by atoms with van der Waals surface area (Å²) in [4.78, 5) is 14.9. The van der Waals surface area contributed by atoms with Crippen molar-refractivity contribution in [3.8, 4) is 11.4 Å². The molecule has 0 fully saturated rings. The van der Waals surface area contributed by atoms with Crippen LogP contribution in [0.2, 0.25) is 0 Å². The Bertz CT molecular complexity index is 1130. The highest BCUT2D eigenvalue weighted by molar-refractivity contribution is 7.90. The predicted molar refractivity (Wildman–Crippen MR) is 85.8 cm³/mol. The molecule has 0 bridgehead atoms. The Morgan fingerprint density at radius 3 is 2.32 bits per heavy atom. The van der Waals surface area contributed by atoms with Crippen molar-refractivity contribution < 1.29 is 35.3 Å². The largest absolute Gasteiger partial charge is 0.471 e. The van der Waals surface area contributed by atoms with Crippen molar-refractivity contribution in [1.29, 1.82) is 0 Å². The van der Waals surface area contributed by atoms with E-state index in [9.17, 15) is 30.8 Å². The van der Waals surface area contributed by atoms with Crippen LogP contribution in [0.5, 0.6) is 0 Å². The molecule has 28 heavy (non-hydrogen) atoms. The van der Waals surface area contributed by atoms with E-state index in [-0.39, 0.29) is 17.0 Å². The SMILES string of the molecule is O=C(NS(=O)(=O)c1cccc(F)c1)c1ccc(-c2noc(C(F)(F)F)n2)cc1. The molecule has 0 aliphatic carbocycles. The standard InChI is InChI=1S/C16H9F4N3O4S/c17-11-2-1-3-12(8-11)28(25,26)23-14(24)10-6-4-9(5-7-10)13-21-15(27-22-13)16(18,19)20/h1-8H,(H,23,24). The van der Waals surface area contributed by atoms with Gasteiger partial charge in [-0.3, -0.25) is 4.79 Å². The van der Waals surface area contributed by atoms with Gasteiger partial charge in [0.25, 0.3) is 15.9 Å². The van der Waals surface area contributed by atoms with E-state index in [4.69, 9.17) is 0 Å². The van der Waals surface area contributed by atoms with Crippen molar-refractivity contribution in [3.63, 3.8) is 0 Å². The number of nitrogens with one attached hydrogen (secondary N) is 1. The van der Waals surface area contributed by atoms with Gasteiger partial charge in [0, 0.05) is 11.1 Å². The Hall–Kier alpha value is -3.28. The highest BCUT2D eigenvalue weighted by Gasteiger charge is 2.38. The molecule has 0 aliphatic rings. The van der Waals surface area contributed by atoms with Gasteiger partial charge >= 0.3 is 12.1 Å². The number of halogens is 4. The fraction of sp³-hybridized carbons (Fsp3) is 0.0625. The summed E-state index contributed by atoms with van der Waals surface area (Å²) in [5, 5.41) is 3.20. The molecule has 0 saturated heterocycles. The Labute approximate surface area is 155 Å². The lowest BCUT2D eigenvalue weighted by atomic mass is 10.1. The molecule has 3 rings (SSSR count). The maximum Gasteiger partial charge on any atom is 0.471 e. The van der Waals surface area contributed by atoms with Gasteiger partial charge in [0.15, 0.2) is 0 Å². The number of hydrogen-bond donors (Lipinski definition) is 1. The zero-order valence-corrected chi connectivity index (χ0v) is 14.4. The summed E-state index contributed by atoms with van der Waals surface area (Å²) < 4.78 is 80.7. The van der Waals surface area contributed by atoms with Gasteiger partial charge in [0.2, 0.25) is 5.82 Å². The van der Waals surface area contributed by atoms with E-state index in [2.05, 4.69) is 14.7 Å². The number of nitrogens with zero attached hydrogens (tertiary/aromatic N) is 2. The Balaban J connectivity index is 1.78. The number of carbonyl (C=O) groups is 1. The summed E-state index contributed by atoms with van der Waals surface area (Å²) in [6.07, 6.45) is -4.80. The van der Waals surface area contributed by atoms with Gasteiger partial charge in [-0.2, -0.15) is 18.2 Å². The average molecular weight is 415 g/mol. The first-order valence-corrected chi connectivity index (χ1v) is 8.89. The van der Waals surface area contributed by atoms with Crippen molar-refractivity contribution >= 4 is 15.9 Å². The predicted octanol–water partition coefficient (Wildman–Crippen LogP) is 3.01. The summed E-state index contributed by atoms with van der Waals surface area (Å²) in [7, 11) is -4.31. The van der Waals surface area contributed by atoms with Crippen LogP contribution in [0, 0.1) is 5.82 Å². The summed E-state index contributed by atoms with van der Waals surface area (Å²) in [5.41, 5.74) is 0.00653. The highest BCUT2D eigenvalue weighted by atomic mass is 32.2. The number of rotatable bonds is 4. The Kier molecular flexibility index (Phi) is 4.89. The third-order valence-electron chi connectivity index (χ3n) is 3.41. The van der Waals surface area contributed by atoms with E-state index in [1.54, 1.807) is 4.72 Å².